The lowest BCUT2D eigenvalue weighted by Crippen LogP contribution is -2.34. The molecule has 1 atom stereocenters. The third-order valence-electron chi connectivity index (χ3n) is 1.64. The molecule has 0 saturated carbocycles. The fourth-order valence-corrected chi connectivity index (χ4v) is 2.16. The Kier molecular flexibility index (Phi) is 6.80. The van der Waals surface area contributed by atoms with Gasteiger partial charge in [-0.3, -0.25) is 0 Å². The molecule has 0 rings (SSSR count). The molecule has 0 fully saturated rings. The van der Waals surface area contributed by atoms with Crippen molar-refractivity contribution in [2.45, 2.75) is 19.9 Å². The Balaban J connectivity index is 3.47. The van der Waals surface area contributed by atoms with Gasteiger partial charge in [0, 0.05) is 18.8 Å². The summed E-state index contributed by atoms with van der Waals surface area (Å²) >= 11 is 0. The van der Waals surface area contributed by atoms with Gasteiger partial charge in [0.2, 0.25) is 0 Å². The highest BCUT2D eigenvalue weighted by molar-refractivity contribution is 7.90. The van der Waals surface area contributed by atoms with Crippen molar-refractivity contribution in [2.24, 2.45) is 0 Å². The fraction of sp³-hybridized carbons (Fsp3) is 0.800. The van der Waals surface area contributed by atoms with Crippen molar-refractivity contribution >= 4 is 9.84 Å². The minimum atomic E-state index is -2.90. The van der Waals surface area contributed by atoms with Gasteiger partial charge in [-0.2, -0.15) is 0 Å². The average molecular weight is 235 g/mol. The SMILES string of the molecule is C=C(C)COCCNC(C)CS(C)(=O)=O. The van der Waals surface area contributed by atoms with Gasteiger partial charge in [-0.1, -0.05) is 12.2 Å². The van der Waals surface area contributed by atoms with E-state index in [0.717, 1.165) is 5.57 Å². The molecule has 1 unspecified atom stereocenters. The first-order chi connectivity index (χ1) is 6.81. The van der Waals surface area contributed by atoms with E-state index in [4.69, 9.17) is 4.74 Å². The molecule has 1 N–H and O–H groups in total. The van der Waals surface area contributed by atoms with Gasteiger partial charge in [0.25, 0.3) is 0 Å². The van der Waals surface area contributed by atoms with Crippen LogP contribution in [0.5, 0.6) is 0 Å². The minimum Gasteiger partial charge on any atom is -0.376 e. The van der Waals surface area contributed by atoms with E-state index in [-0.39, 0.29) is 11.8 Å². The largest absolute Gasteiger partial charge is 0.376 e. The number of nitrogens with one attached hydrogen (secondary N) is 1. The van der Waals surface area contributed by atoms with Crippen molar-refractivity contribution in [3.8, 4) is 0 Å². The maximum absolute atomic E-state index is 10.9. The molecular weight excluding hydrogens is 214 g/mol. The summed E-state index contributed by atoms with van der Waals surface area (Å²) in [5.41, 5.74) is 0.985. The molecule has 0 aliphatic rings. The molecule has 0 amide bonds. The van der Waals surface area contributed by atoms with Crippen LogP contribution in [0.3, 0.4) is 0 Å². The Hall–Kier alpha value is -0.390. The summed E-state index contributed by atoms with van der Waals surface area (Å²) in [4.78, 5) is 0. The molecule has 0 heterocycles. The van der Waals surface area contributed by atoms with Crippen LogP contribution in [0.1, 0.15) is 13.8 Å². The Morgan fingerprint density at radius 3 is 2.60 bits per heavy atom. The van der Waals surface area contributed by atoms with E-state index in [1.807, 2.05) is 13.8 Å². The van der Waals surface area contributed by atoms with Crippen molar-refractivity contribution in [1.29, 1.82) is 0 Å². The van der Waals surface area contributed by atoms with Gasteiger partial charge in [-0.05, 0) is 13.8 Å². The second-order valence-electron chi connectivity index (χ2n) is 3.96. The lowest BCUT2D eigenvalue weighted by Gasteiger charge is -2.12. The highest BCUT2D eigenvalue weighted by atomic mass is 32.2. The Morgan fingerprint density at radius 2 is 2.13 bits per heavy atom. The molecule has 0 aliphatic carbocycles. The quantitative estimate of drug-likeness (QED) is 0.494. The highest BCUT2D eigenvalue weighted by Gasteiger charge is 2.08. The summed E-state index contributed by atoms with van der Waals surface area (Å²) in [7, 11) is -2.90. The van der Waals surface area contributed by atoms with Gasteiger partial charge >= 0.3 is 0 Å². The maximum atomic E-state index is 10.9. The zero-order valence-corrected chi connectivity index (χ0v) is 10.6. The van der Waals surface area contributed by atoms with Crippen molar-refractivity contribution in [3.05, 3.63) is 12.2 Å². The van der Waals surface area contributed by atoms with Crippen LogP contribution >= 0.6 is 0 Å². The molecule has 0 radical (unpaired) electrons. The molecule has 0 aromatic carbocycles. The van der Waals surface area contributed by atoms with E-state index < -0.39 is 9.84 Å². The predicted octanol–water partition coefficient (Wildman–Crippen LogP) is 0.602. The molecule has 5 heteroatoms. The number of rotatable bonds is 8. The number of hydrogen-bond acceptors (Lipinski definition) is 4. The number of ether oxygens (including phenoxy) is 1. The Morgan fingerprint density at radius 1 is 1.53 bits per heavy atom. The summed E-state index contributed by atoms with van der Waals surface area (Å²) in [6.45, 7) is 9.25. The van der Waals surface area contributed by atoms with Crippen LogP contribution in [0.2, 0.25) is 0 Å². The van der Waals surface area contributed by atoms with E-state index in [2.05, 4.69) is 11.9 Å². The van der Waals surface area contributed by atoms with Crippen LogP contribution in [0, 0.1) is 0 Å². The second-order valence-corrected chi connectivity index (χ2v) is 6.14. The molecule has 0 aromatic rings. The first-order valence-corrected chi connectivity index (χ1v) is 7.00. The van der Waals surface area contributed by atoms with E-state index in [0.29, 0.717) is 19.8 Å². The predicted molar refractivity (Wildman–Crippen MR) is 62.8 cm³/mol. The summed E-state index contributed by atoms with van der Waals surface area (Å²) in [5, 5.41) is 3.08. The standard InChI is InChI=1S/C10H21NO3S/c1-9(2)7-14-6-5-11-10(3)8-15(4,12)13/h10-11H,1,5-8H2,2-4H3. The van der Waals surface area contributed by atoms with Crippen molar-refractivity contribution < 1.29 is 13.2 Å². The van der Waals surface area contributed by atoms with Gasteiger partial charge < -0.3 is 10.1 Å². The van der Waals surface area contributed by atoms with Crippen LogP contribution < -0.4 is 5.32 Å². The second kappa shape index (κ2) is 6.98. The molecular formula is C10H21NO3S. The van der Waals surface area contributed by atoms with Gasteiger partial charge in [0.05, 0.1) is 19.0 Å². The summed E-state index contributed by atoms with van der Waals surface area (Å²) < 4.78 is 27.1. The highest BCUT2D eigenvalue weighted by Crippen LogP contribution is 1.90. The van der Waals surface area contributed by atoms with E-state index in [1.165, 1.54) is 6.26 Å². The minimum absolute atomic E-state index is 0.0339. The van der Waals surface area contributed by atoms with Crippen LogP contribution in [0.25, 0.3) is 0 Å². The van der Waals surface area contributed by atoms with Crippen LogP contribution in [0.4, 0.5) is 0 Å². The van der Waals surface area contributed by atoms with Crippen molar-refractivity contribution in [3.63, 3.8) is 0 Å². The Bertz CT molecular complexity index is 285. The van der Waals surface area contributed by atoms with Gasteiger partial charge in [0.1, 0.15) is 9.84 Å². The molecule has 0 bridgehead atoms. The van der Waals surface area contributed by atoms with Crippen LogP contribution in [0.15, 0.2) is 12.2 Å². The maximum Gasteiger partial charge on any atom is 0.148 e. The van der Waals surface area contributed by atoms with Gasteiger partial charge in [0.15, 0.2) is 0 Å². The molecule has 90 valence electrons. The van der Waals surface area contributed by atoms with E-state index in [1.54, 1.807) is 0 Å². The summed E-state index contributed by atoms with van der Waals surface area (Å²) in [5.74, 6) is 0.160. The summed E-state index contributed by atoms with van der Waals surface area (Å²) in [6.07, 6.45) is 1.24. The van der Waals surface area contributed by atoms with Gasteiger partial charge in [-0.25, -0.2) is 8.42 Å². The monoisotopic (exact) mass is 235 g/mol. The first-order valence-electron chi connectivity index (χ1n) is 4.94. The number of sulfone groups is 1. The van der Waals surface area contributed by atoms with Gasteiger partial charge in [-0.15, -0.1) is 0 Å². The molecule has 0 aliphatic heterocycles. The lowest BCUT2D eigenvalue weighted by molar-refractivity contribution is 0.156. The smallest absolute Gasteiger partial charge is 0.148 e. The third-order valence-corrected chi connectivity index (χ3v) is 2.75. The Labute approximate surface area is 92.6 Å². The first kappa shape index (κ1) is 14.6. The zero-order chi connectivity index (χ0) is 11.9. The average Bonchev–Trinajstić information content (AvgIpc) is 1.99. The van der Waals surface area contributed by atoms with E-state index in [9.17, 15) is 8.42 Å². The fourth-order valence-electron chi connectivity index (χ4n) is 1.14. The van der Waals surface area contributed by atoms with E-state index >= 15 is 0 Å². The molecule has 0 aromatic heterocycles. The number of hydrogen-bond donors (Lipinski definition) is 1. The van der Waals surface area contributed by atoms with Crippen molar-refractivity contribution in [1.82, 2.24) is 5.32 Å². The third kappa shape index (κ3) is 11.5. The molecule has 4 nitrogen and oxygen atoms in total. The molecule has 15 heavy (non-hydrogen) atoms. The molecule has 0 saturated heterocycles. The van der Waals surface area contributed by atoms with Crippen LogP contribution in [-0.4, -0.2) is 46.2 Å². The van der Waals surface area contributed by atoms with Crippen molar-refractivity contribution in [2.75, 3.05) is 31.8 Å². The lowest BCUT2D eigenvalue weighted by atomic mass is 10.4. The topological polar surface area (TPSA) is 55.4 Å². The normalized spacial score (nSPS) is 13.8. The molecule has 0 spiro atoms. The van der Waals surface area contributed by atoms with Crippen LogP contribution in [-0.2, 0) is 14.6 Å². The zero-order valence-electron chi connectivity index (χ0n) is 9.75. The summed E-state index contributed by atoms with van der Waals surface area (Å²) in [6, 6.07) is -0.0339.